The Morgan fingerprint density at radius 3 is 2.46 bits per heavy atom. The molecular formula is C20H16ClNO3S. The lowest BCUT2D eigenvalue weighted by Gasteiger charge is -2.09. The van der Waals surface area contributed by atoms with E-state index in [1.165, 1.54) is 18.4 Å². The minimum atomic E-state index is -0.443. The number of thiophene rings is 1. The fourth-order valence-electron chi connectivity index (χ4n) is 2.41. The van der Waals surface area contributed by atoms with E-state index in [9.17, 15) is 9.59 Å². The third-order valence-corrected chi connectivity index (χ3v) is 5.25. The summed E-state index contributed by atoms with van der Waals surface area (Å²) in [4.78, 5) is 25.8. The number of benzene rings is 2. The van der Waals surface area contributed by atoms with Crippen molar-refractivity contribution in [3.63, 3.8) is 0 Å². The molecule has 0 aliphatic rings. The van der Waals surface area contributed by atoms with E-state index in [1.54, 1.807) is 24.3 Å². The number of rotatable bonds is 4. The first-order valence-electron chi connectivity index (χ1n) is 7.84. The summed E-state index contributed by atoms with van der Waals surface area (Å²) < 4.78 is 4.72. The molecule has 26 heavy (non-hydrogen) atoms. The lowest BCUT2D eigenvalue weighted by Crippen LogP contribution is -2.12. The second-order valence-corrected chi connectivity index (χ2v) is 7.17. The Kier molecular flexibility index (Phi) is 5.40. The van der Waals surface area contributed by atoms with Gasteiger partial charge in [-0.1, -0.05) is 29.8 Å². The Bertz CT molecular complexity index is 963. The summed E-state index contributed by atoms with van der Waals surface area (Å²) in [5, 5.41) is 3.53. The molecule has 0 saturated carbocycles. The van der Waals surface area contributed by atoms with Crippen LogP contribution in [0.4, 0.5) is 5.69 Å². The van der Waals surface area contributed by atoms with Gasteiger partial charge in [0.25, 0.3) is 5.91 Å². The van der Waals surface area contributed by atoms with Crippen LogP contribution in [0.25, 0.3) is 10.4 Å². The highest BCUT2D eigenvalue weighted by atomic mass is 35.5. The molecule has 132 valence electrons. The lowest BCUT2D eigenvalue weighted by atomic mass is 10.1. The SMILES string of the molecule is COC(=O)c1ccc(C)c(NC(=O)c2ccc(-c3ccc(Cl)cc3)s2)c1. The molecule has 0 spiro atoms. The van der Waals surface area contributed by atoms with Crippen LogP contribution >= 0.6 is 22.9 Å². The molecule has 2 aromatic carbocycles. The topological polar surface area (TPSA) is 55.4 Å². The van der Waals surface area contributed by atoms with Gasteiger partial charge in [-0.05, 0) is 54.4 Å². The number of aryl methyl sites for hydroxylation is 1. The smallest absolute Gasteiger partial charge is 0.337 e. The molecule has 3 aromatic rings. The van der Waals surface area contributed by atoms with E-state index in [4.69, 9.17) is 16.3 Å². The third kappa shape index (κ3) is 3.95. The van der Waals surface area contributed by atoms with Crippen LogP contribution in [0.1, 0.15) is 25.6 Å². The van der Waals surface area contributed by atoms with Crippen molar-refractivity contribution in [2.24, 2.45) is 0 Å². The summed E-state index contributed by atoms with van der Waals surface area (Å²) in [6, 6.07) is 16.2. The molecule has 1 amide bonds. The maximum Gasteiger partial charge on any atom is 0.337 e. The Morgan fingerprint density at radius 2 is 1.77 bits per heavy atom. The molecule has 6 heteroatoms. The molecule has 0 unspecified atom stereocenters. The van der Waals surface area contributed by atoms with Crippen LogP contribution in [0.15, 0.2) is 54.6 Å². The predicted octanol–water partition coefficient (Wildman–Crippen LogP) is 5.42. The monoisotopic (exact) mass is 385 g/mol. The average molecular weight is 386 g/mol. The van der Waals surface area contributed by atoms with Crippen LogP contribution in [-0.2, 0) is 4.74 Å². The van der Waals surface area contributed by atoms with Crippen molar-refractivity contribution >= 4 is 40.5 Å². The molecule has 1 aromatic heterocycles. The van der Waals surface area contributed by atoms with Crippen LogP contribution in [0.2, 0.25) is 5.02 Å². The number of methoxy groups -OCH3 is 1. The normalized spacial score (nSPS) is 10.4. The van der Waals surface area contributed by atoms with Gasteiger partial charge in [-0.25, -0.2) is 4.79 Å². The average Bonchev–Trinajstić information content (AvgIpc) is 3.13. The first-order chi connectivity index (χ1) is 12.5. The number of nitrogens with one attached hydrogen (secondary N) is 1. The van der Waals surface area contributed by atoms with Gasteiger partial charge in [0, 0.05) is 15.6 Å². The predicted molar refractivity (Wildman–Crippen MR) is 105 cm³/mol. The van der Waals surface area contributed by atoms with Crippen molar-refractivity contribution in [3.05, 3.63) is 75.6 Å². The third-order valence-electron chi connectivity index (χ3n) is 3.87. The summed E-state index contributed by atoms with van der Waals surface area (Å²) in [7, 11) is 1.32. The number of esters is 1. The van der Waals surface area contributed by atoms with E-state index in [0.29, 0.717) is 21.2 Å². The van der Waals surface area contributed by atoms with Crippen LogP contribution in [0.5, 0.6) is 0 Å². The second kappa shape index (κ2) is 7.72. The van der Waals surface area contributed by atoms with Crippen LogP contribution in [0.3, 0.4) is 0 Å². The molecule has 1 N–H and O–H groups in total. The molecule has 4 nitrogen and oxygen atoms in total. The van der Waals surface area contributed by atoms with Gasteiger partial charge in [-0.3, -0.25) is 4.79 Å². The van der Waals surface area contributed by atoms with Crippen molar-refractivity contribution in [2.75, 3.05) is 12.4 Å². The molecule has 0 saturated heterocycles. The molecule has 0 aliphatic heterocycles. The summed E-state index contributed by atoms with van der Waals surface area (Å²) in [6.07, 6.45) is 0. The molecule has 0 bridgehead atoms. The minimum Gasteiger partial charge on any atom is -0.465 e. The van der Waals surface area contributed by atoms with Crippen LogP contribution in [0, 0.1) is 6.92 Å². The Hall–Kier alpha value is -2.63. The standard InChI is InChI=1S/C20H16ClNO3S/c1-12-3-4-14(20(24)25-2)11-16(12)22-19(23)18-10-9-17(26-18)13-5-7-15(21)8-6-13/h3-11H,1-2H3,(H,22,23). The number of halogens is 1. The lowest BCUT2D eigenvalue weighted by molar-refractivity contribution is 0.0600. The summed E-state index contributed by atoms with van der Waals surface area (Å²) >= 11 is 7.31. The molecule has 0 radical (unpaired) electrons. The van der Waals surface area contributed by atoms with E-state index in [0.717, 1.165) is 16.0 Å². The van der Waals surface area contributed by atoms with Crippen LogP contribution < -0.4 is 5.32 Å². The maximum absolute atomic E-state index is 12.6. The fourth-order valence-corrected chi connectivity index (χ4v) is 3.45. The number of ether oxygens (including phenoxy) is 1. The quantitative estimate of drug-likeness (QED) is 0.610. The Balaban J connectivity index is 1.81. The van der Waals surface area contributed by atoms with Crippen molar-refractivity contribution < 1.29 is 14.3 Å². The molecule has 0 fully saturated rings. The molecular weight excluding hydrogens is 370 g/mol. The highest BCUT2D eigenvalue weighted by molar-refractivity contribution is 7.17. The largest absolute Gasteiger partial charge is 0.465 e. The minimum absolute atomic E-state index is 0.222. The Labute approximate surface area is 160 Å². The highest BCUT2D eigenvalue weighted by Crippen LogP contribution is 2.30. The summed E-state index contributed by atoms with van der Waals surface area (Å²) in [5.41, 5.74) is 2.84. The molecule has 0 aliphatic carbocycles. The van der Waals surface area contributed by atoms with E-state index < -0.39 is 5.97 Å². The number of hydrogen-bond donors (Lipinski definition) is 1. The summed E-state index contributed by atoms with van der Waals surface area (Å²) in [5.74, 6) is -0.665. The van der Waals surface area contributed by atoms with Gasteiger partial charge in [0.2, 0.25) is 0 Å². The van der Waals surface area contributed by atoms with Crippen molar-refractivity contribution in [1.29, 1.82) is 0 Å². The van der Waals surface area contributed by atoms with Gasteiger partial charge in [0.1, 0.15) is 0 Å². The maximum atomic E-state index is 12.6. The van der Waals surface area contributed by atoms with Gasteiger partial charge >= 0.3 is 5.97 Å². The second-order valence-electron chi connectivity index (χ2n) is 5.65. The van der Waals surface area contributed by atoms with E-state index in [1.807, 2.05) is 37.3 Å². The zero-order chi connectivity index (χ0) is 18.7. The van der Waals surface area contributed by atoms with Crippen LogP contribution in [-0.4, -0.2) is 19.0 Å². The van der Waals surface area contributed by atoms with Gasteiger partial charge in [0.05, 0.1) is 17.6 Å². The zero-order valence-electron chi connectivity index (χ0n) is 14.2. The summed E-state index contributed by atoms with van der Waals surface area (Å²) in [6.45, 7) is 1.87. The Morgan fingerprint density at radius 1 is 1.04 bits per heavy atom. The van der Waals surface area contributed by atoms with Gasteiger partial charge < -0.3 is 10.1 Å². The van der Waals surface area contributed by atoms with E-state index in [-0.39, 0.29) is 5.91 Å². The fraction of sp³-hybridized carbons (Fsp3) is 0.100. The van der Waals surface area contributed by atoms with Crippen molar-refractivity contribution in [2.45, 2.75) is 6.92 Å². The molecule has 3 rings (SSSR count). The van der Waals surface area contributed by atoms with Gasteiger partial charge in [-0.15, -0.1) is 11.3 Å². The van der Waals surface area contributed by atoms with E-state index >= 15 is 0 Å². The first-order valence-corrected chi connectivity index (χ1v) is 9.03. The van der Waals surface area contributed by atoms with Gasteiger partial charge in [0.15, 0.2) is 0 Å². The first kappa shape index (κ1) is 18.2. The van der Waals surface area contributed by atoms with Crippen molar-refractivity contribution in [3.8, 4) is 10.4 Å². The van der Waals surface area contributed by atoms with Gasteiger partial charge in [-0.2, -0.15) is 0 Å². The molecule has 1 heterocycles. The van der Waals surface area contributed by atoms with E-state index in [2.05, 4.69) is 5.32 Å². The number of anilines is 1. The number of carbonyl (C=O) groups excluding carboxylic acids is 2. The number of carbonyl (C=O) groups is 2. The van der Waals surface area contributed by atoms with Crippen molar-refractivity contribution in [1.82, 2.24) is 0 Å². The zero-order valence-corrected chi connectivity index (χ0v) is 15.8. The number of hydrogen-bond acceptors (Lipinski definition) is 4. The highest BCUT2D eigenvalue weighted by Gasteiger charge is 2.14. The molecule has 0 atom stereocenters. The number of amides is 1.